The maximum Gasteiger partial charge on any atom is 0.335 e. The van der Waals surface area contributed by atoms with Crippen molar-refractivity contribution in [1.82, 2.24) is 24.1 Å². The zero-order valence-electron chi connectivity index (χ0n) is 19.1. The molecule has 0 radical (unpaired) electrons. The average Bonchev–Trinajstić information content (AvgIpc) is 3.41. The van der Waals surface area contributed by atoms with Crippen LogP contribution in [-0.2, 0) is 7.05 Å². The molecular formula is C25H21N5O5. The third-order valence-electron chi connectivity index (χ3n) is 6.53. The van der Waals surface area contributed by atoms with E-state index in [4.69, 9.17) is 19.1 Å². The van der Waals surface area contributed by atoms with Gasteiger partial charge in [0.2, 0.25) is 11.6 Å². The number of carboxylic acids is 1. The Morgan fingerprint density at radius 3 is 2.57 bits per heavy atom. The summed E-state index contributed by atoms with van der Waals surface area (Å²) in [5.41, 5.74) is 2.47. The van der Waals surface area contributed by atoms with E-state index in [0.717, 1.165) is 19.3 Å². The quantitative estimate of drug-likeness (QED) is 0.407. The van der Waals surface area contributed by atoms with Gasteiger partial charge in [0.05, 0.1) is 23.7 Å². The van der Waals surface area contributed by atoms with Gasteiger partial charge >= 0.3 is 5.97 Å². The molecule has 176 valence electrons. The summed E-state index contributed by atoms with van der Waals surface area (Å²) in [6.45, 7) is 0. The molecule has 35 heavy (non-hydrogen) atoms. The van der Waals surface area contributed by atoms with Crippen LogP contribution in [0, 0.1) is 0 Å². The normalized spacial score (nSPS) is 13.9. The van der Waals surface area contributed by atoms with Gasteiger partial charge in [-0.1, -0.05) is 12.1 Å². The second-order valence-corrected chi connectivity index (χ2v) is 8.57. The van der Waals surface area contributed by atoms with Crippen LogP contribution >= 0.6 is 0 Å². The summed E-state index contributed by atoms with van der Waals surface area (Å²) in [4.78, 5) is 39.0. The number of methoxy groups -OCH3 is 1. The van der Waals surface area contributed by atoms with Gasteiger partial charge < -0.3 is 18.8 Å². The Morgan fingerprint density at radius 1 is 1.09 bits per heavy atom. The molecule has 1 fully saturated rings. The van der Waals surface area contributed by atoms with Crippen LogP contribution < -0.4 is 10.3 Å². The first-order valence-corrected chi connectivity index (χ1v) is 11.2. The second kappa shape index (κ2) is 7.79. The molecular weight excluding hydrogens is 450 g/mol. The van der Waals surface area contributed by atoms with Crippen molar-refractivity contribution < 1.29 is 19.1 Å². The fraction of sp³-hybridized carbons (Fsp3) is 0.240. The topological polar surface area (TPSA) is 125 Å². The first kappa shape index (κ1) is 21.1. The number of hydrogen-bond acceptors (Lipinski definition) is 7. The largest absolute Gasteiger partial charge is 0.489 e. The fourth-order valence-electron chi connectivity index (χ4n) is 4.48. The molecule has 1 aliphatic carbocycles. The highest BCUT2D eigenvalue weighted by molar-refractivity contribution is 5.93. The van der Waals surface area contributed by atoms with Crippen LogP contribution in [0.25, 0.3) is 45.4 Å². The lowest BCUT2D eigenvalue weighted by Gasteiger charge is -2.29. The number of benzene rings is 2. The van der Waals surface area contributed by atoms with Crippen molar-refractivity contribution in [3.05, 3.63) is 58.4 Å². The van der Waals surface area contributed by atoms with Crippen LogP contribution in [0.15, 0.2) is 51.7 Å². The van der Waals surface area contributed by atoms with Gasteiger partial charge in [-0.3, -0.25) is 9.36 Å². The Kier molecular flexibility index (Phi) is 4.70. The van der Waals surface area contributed by atoms with Gasteiger partial charge in [0.1, 0.15) is 5.52 Å². The molecule has 6 rings (SSSR count). The number of hydrogen-bond donors (Lipinski definition) is 1. The first-order chi connectivity index (χ1) is 17.0. The molecule has 5 aromatic rings. The number of rotatable bonds is 5. The number of imidazole rings is 1. The van der Waals surface area contributed by atoms with E-state index in [1.165, 1.54) is 17.7 Å². The van der Waals surface area contributed by atoms with Crippen LogP contribution in [0.1, 0.15) is 35.7 Å². The minimum atomic E-state index is -1.01. The highest BCUT2D eigenvalue weighted by atomic mass is 16.5. The lowest BCUT2D eigenvalue weighted by Crippen LogP contribution is -2.25. The Balaban J connectivity index is 1.63. The number of oxazole rings is 1. The number of nitrogens with zero attached hydrogens (tertiary/aromatic N) is 5. The van der Waals surface area contributed by atoms with Crippen molar-refractivity contribution in [3.63, 3.8) is 0 Å². The molecule has 0 spiro atoms. The minimum absolute atomic E-state index is 0.0160. The van der Waals surface area contributed by atoms with Crippen molar-refractivity contribution in [1.29, 1.82) is 0 Å². The van der Waals surface area contributed by atoms with Crippen molar-refractivity contribution in [2.24, 2.45) is 7.05 Å². The number of fused-ring (bicyclic) bond motifs is 2. The number of carboxylic acid groups (broad SMARTS) is 1. The standard InChI is InChI=1S/C25H21N5O5/c1-29-21(22-26-15-11-10-13(25(32)33)12-17(15)30(22)14-6-5-7-14)28-19(20(34-2)24(29)31)23-27-16-8-3-4-9-18(16)35-23/h3-4,8-12,14H,5-7H2,1-2H3,(H,32,33). The maximum absolute atomic E-state index is 13.3. The van der Waals surface area contributed by atoms with E-state index >= 15 is 0 Å². The third kappa shape index (κ3) is 3.21. The molecule has 0 atom stereocenters. The lowest BCUT2D eigenvalue weighted by molar-refractivity contribution is 0.0697. The van der Waals surface area contributed by atoms with E-state index in [0.29, 0.717) is 33.8 Å². The molecule has 0 unspecified atom stereocenters. The lowest BCUT2D eigenvalue weighted by atomic mass is 9.92. The van der Waals surface area contributed by atoms with Gasteiger partial charge in [0, 0.05) is 13.1 Å². The molecule has 0 aliphatic heterocycles. The van der Waals surface area contributed by atoms with Crippen LogP contribution in [0.5, 0.6) is 5.75 Å². The number of ether oxygens (including phenoxy) is 1. The number of carbonyl (C=O) groups is 1. The van der Waals surface area contributed by atoms with Gasteiger partial charge in [-0.15, -0.1) is 0 Å². The van der Waals surface area contributed by atoms with E-state index in [1.807, 2.05) is 22.8 Å². The Morgan fingerprint density at radius 2 is 1.89 bits per heavy atom. The van der Waals surface area contributed by atoms with Crippen molar-refractivity contribution in [3.8, 4) is 29.0 Å². The Bertz CT molecular complexity index is 1660. The van der Waals surface area contributed by atoms with Gasteiger partial charge in [-0.25, -0.2) is 19.7 Å². The average molecular weight is 471 g/mol. The number of aromatic carboxylic acids is 1. The van der Waals surface area contributed by atoms with Gasteiger partial charge in [0.15, 0.2) is 22.9 Å². The molecule has 0 bridgehead atoms. The van der Waals surface area contributed by atoms with Crippen LogP contribution in [0.3, 0.4) is 0 Å². The van der Waals surface area contributed by atoms with Crippen LogP contribution in [0.4, 0.5) is 0 Å². The maximum atomic E-state index is 13.3. The second-order valence-electron chi connectivity index (χ2n) is 8.57. The first-order valence-electron chi connectivity index (χ1n) is 11.2. The third-order valence-corrected chi connectivity index (χ3v) is 6.53. The van der Waals surface area contributed by atoms with E-state index in [2.05, 4.69) is 4.98 Å². The SMILES string of the molecule is COc1c(-c2nc3ccccc3o2)nc(-c2nc3ccc(C(=O)O)cc3n2C2CCC2)n(C)c1=O. The number of aromatic nitrogens is 5. The van der Waals surface area contributed by atoms with E-state index in [9.17, 15) is 14.7 Å². The molecule has 0 saturated heterocycles. The monoisotopic (exact) mass is 471 g/mol. The fourth-order valence-corrected chi connectivity index (χ4v) is 4.48. The van der Waals surface area contributed by atoms with Gasteiger partial charge in [-0.05, 0) is 49.6 Å². The summed E-state index contributed by atoms with van der Waals surface area (Å²) in [6, 6.07) is 12.2. The number of para-hydroxylation sites is 2. The highest BCUT2D eigenvalue weighted by Gasteiger charge is 2.29. The molecule has 2 aromatic carbocycles. The van der Waals surface area contributed by atoms with Crippen molar-refractivity contribution >= 4 is 28.1 Å². The Labute approximate surface area is 198 Å². The van der Waals surface area contributed by atoms with Gasteiger partial charge in [-0.2, -0.15) is 0 Å². The summed E-state index contributed by atoms with van der Waals surface area (Å²) < 4.78 is 14.7. The highest BCUT2D eigenvalue weighted by Crippen LogP contribution is 2.39. The summed E-state index contributed by atoms with van der Waals surface area (Å²) in [5.74, 6) is -0.0355. The molecule has 1 N–H and O–H groups in total. The smallest absolute Gasteiger partial charge is 0.335 e. The Hall–Kier alpha value is -4.47. The summed E-state index contributed by atoms with van der Waals surface area (Å²) in [6.07, 6.45) is 2.92. The zero-order chi connectivity index (χ0) is 24.3. The summed E-state index contributed by atoms with van der Waals surface area (Å²) in [5, 5.41) is 9.51. The van der Waals surface area contributed by atoms with Crippen LogP contribution in [0.2, 0.25) is 0 Å². The van der Waals surface area contributed by atoms with Crippen molar-refractivity contribution in [2.45, 2.75) is 25.3 Å². The van der Waals surface area contributed by atoms with E-state index < -0.39 is 11.5 Å². The van der Waals surface area contributed by atoms with Crippen LogP contribution in [-0.4, -0.2) is 42.3 Å². The molecule has 3 aromatic heterocycles. The molecule has 10 nitrogen and oxygen atoms in total. The molecule has 3 heterocycles. The summed E-state index contributed by atoms with van der Waals surface area (Å²) >= 11 is 0. The molecule has 1 saturated carbocycles. The predicted octanol–water partition coefficient (Wildman–Crippen LogP) is 4.04. The van der Waals surface area contributed by atoms with Gasteiger partial charge in [0.25, 0.3) is 5.56 Å². The summed E-state index contributed by atoms with van der Waals surface area (Å²) in [7, 11) is 3.01. The zero-order valence-corrected chi connectivity index (χ0v) is 19.1. The predicted molar refractivity (Wildman–Crippen MR) is 128 cm³/mol. The van der Waals surface area contributed by atoms with E-state index in [1.54, 1.807) is 25.2 Å². The van der Waals surface area contributed by atoms with Crippen molar-refractivity contribution in [2.75, 3.05) is 7.11 Å². The minimum Gasteiger partial charge on any atom is -0.489 e. The molecule has 0 amide bonds. The molecule has 1 aliphatic rings. The molecule has 10 heteroatoms. The van der Waals surface area contributed by atoms with E-state index in [-0.39, 0.29) is 28.9 Å².